The molecule has 5 nitrogen and oxygen atoms in total. The van der Waals surface area contributed by atoms with Gasteiger partial charge in [0, 0.05) is 62.9 Å². The van der Waals surface area contributed by atoms with Gasteiger partial charge in [-0.25, -0.2) is 0 Å². The van der Waals surface area contributed by atoms with Crippen molar-refractivity contribution in [3.05, 3.63) is 0 Å². The first-order valence-electron chi connectivity index (χ1n) is 10.9. The van der Waals surface area contributed by atoms with E-state index in [2.05, 4.69) is 42.4 Å². The first-order chi connectivity index (χ1) is 12.4. The van der Waals surface area contributed by atoms with E-state index in [0.29, 0.717) is 23.7 Å². The summed E-state index contributed by atoms with van der Waals surface area (Å²) in [5.74, 6) is 0.753. The normalized spacial score (nSPS) is 33.5. The second-order valence-corrected chi connectivity index (χ2v) is 9.63. The highest BCUT2D eigenvalue weighted by Gasteiger charge is 2.38. The summed E-state index contributed by atoms with van der Waals surface area (Å²) in [6.45, 7) is 18.3. The van der Waals surface area contributed by atoms with E-state index in [9.17, 15) is 0 Å². The predicted octanol–water partition coefficient (Wildman–Crippen LogP) is 2.01. The maximum absolute atomic E-state index is 6.35. The van der Waals surface area contributed by atoms with E-state index in [0.717, 1.165) is 38.8 Å². The van der Waals surface area contributed by atoms with E-state index in [1.165, 1.54) is 45.3 Å². The molecule has 3 unspecified atom stereocenters. The second-order valence-electron chi connectivity index (χ2n) is 9.63. The molecule has 0 aromatic rings. The molecule has 3 fully saturated rings. The van der Waals surface area contributed by atoms with Gasteiger partial charge in [0.15, 0.2) is 0 Å². The molecule has 3 aliphatic rings. The molecule has 2 N–H and O–H groups in total. The topological polar surface area (TPSA) is 45.0 Å². The average Bonchev–Trinajstić information content (AvgIpc) is 2.62. The molecule has 3 aliphatic heterocycles. The van der Waals surface area contributed by atoms with Gasteiger partial charge >= 0.3 is 0 Å². The largest absolute Gasteiger partial charge is 0.379 e. The SMILES string of the molecule is CC(C)N1CC(N)CC(CC(C)N2CCC(C)(N3CCOCC3)CC2)C1. The zero-order valence-corrected chi connectivity index (χ0v) is 17.6. The van der Waals surface area contributed by atoms with Crippen LogP contribution in [-0.2, 0) is 4.74 Å². The molecule has 0 aromatic heterocycles. The van der Waals surface area contributed by atoms with Gasteiger partial charge in [-0.1, -0.05) is 0 Å². The molecule has 0 saturated carbocycles. The molecule has 26 heavy (non-hydrogen) atoms. The lowest BCUT2D eigenvalue weighted by atomic mass is 9.84. The summed E-state index contributed by atoms with van der Waals surface area (Å²) in [6.07, 6.45) is 5.08. The molecule has 0 radical (unpaired) electrons. The van der Waals surface area contributed by atoms with Crippen LogP contribution in [0.1, 0.15) is 53.4 Å². The number of ether oxygens (including phenoxy) is 1. The van der Waals surface area contributed by atoms with Gasteiger partial charge in [-0.2, -0.15) is 0 Å². The molecule has 0 aliphatic carbocycles. The summed E-state index contributed by atoms with van der Waals surface area (Å²) in [5.41, 5.74) is 6.73. The molecular formula is C21H42N4O. The van der Waals surface area contributed by atoms with Gasteiger partial charge in [0.05, 0.1) is 13.2 Å². The van der Waals surface area contributed by atoms with Gasteiger partial charge in [-0.15, -0.1) is 0 Å². The van der Waals surface area contributed by atoms with Crippen molar-refractivity contribution in [3.8, 4) is 0 Å². The third kappa shape index (κ3) is 4.99. The molecule has 0 aromatic carbocycles. The summed E-state index contributed by atoms with van der Waals surface area (Å²) >= 11 is 0. The quantitative estimate of drug-likeness (QED) is 0.806. The number of hydrogen-bond acceptors (Lipinski definition) is 5. The van der Waals surface area contributed by atoms with E-state index in [1.807, 2.05) is 0 Å². The Bertz CT molecular complexity index is 430. The van der Waals surface area contributed by atoms with Crippen LogP contribution in [0.15, 0.2) is 0 Å². The monoisotopic (exact) mass is 366 g/mol. The standard InChI is InChI=1S/C21H42N4O/c1-17(2)24-15-19(14-20(22)16-24)13-18(3)23-7-5-21(4,6-8-23)25-9-11-26-12-10-25/h17-20H,5-16,22H2,1-4H3. The Morgan fingerprint density at radius 1 is 1.00 bits per heavy atom. The Morgan fingerprint density at radius 3 is 2.27 bits per heavy atom. The molecule has 5 heteroatoms. The number of likely N-dealkylation sites (tertiary alicyclic amines) is 2. The third-order valence-electron chi connectivity index (χ3n) is 7.28. The Labute approximate surface area is 161 Å². The zero-order chi connectivity index (χ0) is 18.7. The van der Waals surface area contributed by atoms with E-state index in [4.69, 9.17) is 10.5 Å². The minimum atomic E-state index is 0.356. The summed E-state index contributed by atoms with van der Waals surface area (Å²) in [4.78, 5) is 8.00. The fraction of sp³-hybridized carbons (Fsp3) is 1.00. The van der Waals surface area contributed by atoms with E-state index in [-0.39, 0.29) is 0 Å². The Balaban J connectivity index is 1.48. The molecule has 152 valence electrons. The molecular weight excluding hydrogens is 324 g/mol. The highest BCUT2D eigenvalue weighted by Crippen LogP contribution is 2.32. The summed E-state index contributed by atoms with van der Waals surface area (Å²) in [5, 5.41) is 0. The Morgan fingerprint density at radius 2 is 1.65 bits per heavy atom. The molecule has 3 heterocycles. The van der Waals surface area contributed by atoms with Crippen LogP contribution in [0.4, 0.5) is 0 Å². The van der Waals surface area contributed by atoms with Crippen LogP contribution in [0.25, 0.3) is 0 Å². The van der Waals surface area contributed by atoms with Gasteiger partial charge in [0.1, 0.15) is 0 Å². The number of nitrogens with two attached hydrogens (primary N) is 1. The molecule has 0 amide bonds. The molecule has 0 spiro atoms. The van der Waals surface area contributed by atoms with Crippen LogP contribution in [0, 0.1) is 5.92 Å². The van der Waals surface area contributed by atoms with Crippen molar-refractivity contribution in [2.75, 3.05) is 52.5 Å². The lowest BCUT2D eigenvalue weighted by Gasteiger charge is -2.49. The Hall–Kier alpha value is -0.200. The van der Waals surface area contributed by atoms with Crippen LogP contribution in [-0.4, -0.2) is 90.8 Å². The van der Waals surface area contributed by atoms with Crippen molar-refractivity contribution in [1.29, 1.82) is 0 Å². The number of nitrogens with zero attached hydrogens (tertiary/aromatic N) is 3. The van der Waals surface area contributed by atoms with Crippen LogP contribution in [0.5, 0.6) is 0 Å². The van der Waals surface area contributed by atoms with Gasteiger partial charge in [0.2, 0.25) is 0 Å². The summed E-state index contributed by atoms with van der Waals surface area (Å²) in [7, 11) is 0. The van der Waals surface area contributed by atoms with Crippen LogP contribution < -0.4 is 5.73 Å². The first-order valence-corrected chi connectivity index (χ1v) is 10.9. The maximum atomic E-state index is 6.35. The number of morpholine rings is 1. The Kier molecular flexibility index (Phi) is 7.00. The fourth-order valence-corrected chi connectivity index (χ4v) is 5.37. The minimum Gasteiger partial charge on any atom is -0.379 e. The van der Waals surface area contributed by atoms with E-state index in [1.54, 1.807) is 0 Å². The molecule has 0 bridgehead atoms. The van der Waals surface area contributed by atoms with Crippen molar-refractivity contribution in [2.24, 2.45) is 11.7 Å². The zero-order valence-electron chi connectivity index (χ0n) is 17.6. The van der Waals surface area contributed by atoms with Crippen LogP contribution >= 0.6 is 0 Å². The van der Waals surface area contributed by atoms with Gasteiger partial charge in [0.25, 0.3) is 0 Å². The highest BCUT2D eigenvalue weighted by molar-refractivity contribution is 4.94. The molecule has 3 rings (SSSR count). The van der Waals surface area contributed by atoms with Gasteiger partial charge in [-0.05, 0) is 59.3 Å². The first kappa shape index (κ1) is 20.5. The highest BCUT2D eigenvalue weighted by atomic mass is 16.5. The van der Waals surface area contributed by atoms with Crippen LogP contribution in [0.3, 0.4) is 0 Å². The van der Waals surface area contributed by atoms with Crippen molar-refractivity contribution in [3.63, 3.8) is 0 Å². The number of rotatable bonds is 5. The van der Waals surface area contributed by atoms with E-state index < -0.39 is 0 Å². The molecule has 3 saturated heterocycles. The fourth-order valence-electron chi connectivity index (χ4n) is 5.37. The van der Waals surface area contributed by atoms with Crippen molar-refractivity contribution >= 4 is 0 Å². The van der Waals surface area contributed by atoms with Crippen LogP contribution in [0.2, 0.25) is 0 Å². The van der Waals surface area contributed by atoms with Crippen molar-refractivity contribution < 1.29 is 4.74 Å². The smallest absolute Gasteiger partial charge is 0.0594 e. The lowest BCUT2D eigenvalue weighted by molar-refractivity contribution is -0.0450. The van der Waals surface area contributed by atoms with Gasteiger partial charge < -0.3 is 15.4 Å². The lowest BCUT2D eigenvalue weighted by Crippen LogP contribution is -2.58. The number of hydrogen-bond donors (Lipinski definition) is 1. The average molecular weight is 367 g/mol. The maximum Gasteiger partial charge on any atom is 0.0594 e. The minimum absolute atomic E-state index is 0.356. The summed E-state index contributed by atoms with van der Waals surface area (Å²) < 4.78 is 5.55. The summed E-state index contributed by atoms with van der Waals surface area (Å²) in [6, 6.07) is 1.64. The predicted molar refractivity (Wildman–Crippen MR) is 108 cm³/mol. The van der Waals surface area contributed by atoms with Gasteiger partial charge in [-0.3, -0.25) is 9.80 Å². The van der Waals surface area contributed by atoms with E-state index >= 15 is 0 Å². The third-order valence-corrected chi connectivity index (χ3v) is 7.28. The van der Waals surface area contributed by atoms with Crippen molar-refractivity contribution in [1.82, 2.24) is 14.7 Å². The van der Waals surface area contributed by atoms with Crippen molar-refractivity contribution in [2.45, 2.75) is 77.0 Å². The number of piperidine rings is 2. The second kappa shape index (κ2) is 8.87. The molecule has 3 atom stereocenters.